The summed E-state index contributed by atoms with van der Waals surface area (Å²) in [6.07, 6.45) is -7.78. The van der Waals surface area contributed by atoms with Gasteiger partial charge in [0.1, 0.15) is 48.1 Å². The lowest BCUT2D eigenvalue weighted by atomic mass is 10.1. The Bertz CT molecular complexity index is 1840. The number of nitrogens with zero attached hydrogens (tertiary/aromatic N) is 8. The van der Waals surface area contributed by atoms with Gasteiger partial charge in [-0.3, -0.25) is 22.7 Å². The minimum atomic E-state index is -4.40. The lowest BCUT2D eigenvalue weighted by Gasteiger charge is -2.27. The van der Waals surface area contributed by atoms with Gasteiger partial charge in [0, 0.05) is 0 Å². The molecule has 0 saturated carbocycles. The Labute approximate surface area is 251 Å². The molecular formula is C20H23BF2N10O8P2S. The molecule has 7 heterocycles. The minimum absolute atomic E-state index is 0.0579. The molecule has 3 unspecified atom stereocenters. The fraction of sp³-hybridized carbons (Fsp3) is 0.500. The Balaban J connectivity index is 1.20. The lowest BCUT2D eigenvalue weighted by molar-refractivity contribution is -0.0565. The maximum atomic E-state index is 16.0. The van der Waals surface area contributed by atoms with Crippen LogP contribution in [0.15, 0.2) is 25.3 Å². The standard InChI is InChI=1S/C20H23BF2N10O8P2S/c21-42(34)36-2-8-13(10(23)19(39-8)32-5-30-11-15(24)26-3-28-17(11)32)41-43(35,44)37-1-7-9(22)14(40-42)20(38-7)33-6-31-12-16(25)27-4-29-18(12)33/h3-10,13-14,19-20H,1-2,21H2,(H,35,44)(H2,24,26,28)(H2,25,27,29)/t7-,8-,9?,10-,13-,14-,19-,20-,42?,43?/m1/s1. The summed E-state index contributed by atoms with van der Waals surface area (Å²) in [5, 5.41) is 0. The number of rotatable bonds is 2. The first-order chi connectivity index (χ1) is 20.9. The van der Waals surface area contributed by atoms with E-state index in [1.54, 1.807) is 0 Å². The van der Waals surface area contributed by atoms with Crippen LogP contribution in [0, 0.1) is 0 Å². The van der Waals surface area contributed by atoms with Crippen molar-refractivity contribution in [2.24, 2.45) is 0 Å². The summed E-state index contributed by atoms with van der Waals surface area (Å²) in [6.45, 7) is -5.66. The second-order valence-corrected chi connectivity index (χ2v) is 15.0. The summed E-state index contributed by atoms with van der Waals surface area (Å²) in [6, 6.07) is 0. The fourth-order valence-electron chi connectivity index (χ4n) is 5.27. The van der Waals surface area contributed by atoms with Gasteiger partial charge in [0.15, 0.2) is 47.7 Å². The molecule has 18 nitrogen and oxygen atoms in total. The van der Waals surface area contributed by atoms with Crippen molar-refractivity contribution < 1.29 is 45.5 Å². The van der Waals surface area contributed by atoms with Crippen molar-refractivity contribution in [1.29, 1.82) is 0 Å². The molecule has 7 rings (SSSR count). The predicted molar refractivity (Wildman–Crippen MR) is 151 cm³/mol. The van der Waals surface area contributed by atoms with E-state index in [0.29, 0.717) is 0 Å². The molecule has 0 radical (unpaired) electrons. The molecule has 24 heteroatoms. The van der Waals surface area contributed by atoms with Crippen LogP contribution < -0.4 is 11.5 Å². The van der Waals surface area contributed by atoms with Crippen LogP contribution in [0.2, 0.25) is 0 Å². The van der Waals surface area contributed by atoms with Gasteiger partial charge in [0.25, 0.3) is 15.0 Å². The monoisotopic (exact) mass is 674 g/mol. The quantitative estimate of drug-likeness (QED) is 0.152. The highest BCUT2D eigenvalue weighted by atomic mass is 32.7. The maximum absolute atomic E-state index is 16.0. The molecule has 3 aliphatic rings. The van der Waals surface area contributed by atoms with Crippen LogP contribution in [0.25, 0.3) is 22.3 Å². The number of nitrogens with two attached hydrogens (primary N) is 2. The van der Waals surface area contributed by atoms with Crippen molar-refractivity contribution in [3.05, 3.63) is 25.3 Å². The van der Waals surface area contributed by atoms with Crippen LogP contribution in [-0.4, -0.2) is 96.6 Å². The van der Waals surface area contributed by atoms with Gasteiger partial charge >= 0.3 is 6.80 Å². The molecule has 0 aliphatic carbocycles. The smallest absolute Gasteiger partial charge is 0.382 e. The number of hydrogen-bond acceptors (Lipinski definition) is 16. The van der Waals surface area contributed by atoms with E-state index in [4.69, 9.17) is 39.0 Å². The average Bonchev–Trinajstić information content (AvgIpc) is 3.73. The Hall–Kier alpha value is -2.81. The molecule has 4 aromatic heterocycles. The largest absolute Gasteiger partial charge is 0.386 e. The van der Waals surface area contributed by atoms with Crippen LogP contribution in [-0.2, 0) is 36.7 Å². The number of ether oxygens (including phenoxy) is 2. The molecule has 0 amide bonds. The first kappa shape index (κ1) is 29.9. The molecule has 3 saturated heterocycles. The van der Waals surface area contributed by atoms with Crippen molar-refractivity contribution >= 4 is 68.0 Å². The topological polar surface area (TPSA) is 229 Å². The fourth-order valence-corrected chi connectivity index (χ4v) is 7.89. The van der Waals surface area contributed by atoms with Crippen molar-refractivity contribution in [1.82, 2.24) is 39.0 Å². The Morgan fingerprint density at radius 3 is 2.00 bits per heavy atom. The Morgan fingerprint density at radius 2 is 1.36 bits per heavy atom. The molecule has 4 N–H and O–H groups in total. The van der Waals surface area contributed by atoms with Crippen LogP contribution in [0.3, 0.4) is 0 Å². The predicted octanol–water partition coefficient (Wildman–Crippen LogP) is 0.898. The molecule has 234 valence electrons. The third kappa shape index (κ3) is 5.17. The van der Waals surface area contributed by atoms with Gasteiger partial charge in [0.2, 0.25) is 0 Å². The zero-order chi connectivity index (χ0) is 31.0. The summed E-state index contributed by atoms with van der Waals surface area (Å²) in [5.41, 5.74) is 12.5. The highest BCUT2D eigenvalue weighted by Crippen LogP contribution is 2.58. The molecule has 44 heavy (non-hydrogen) atoms. The van der Waals surface area contributed by atoms with Crippen LogP contribution in [0.1, 0.15) is 12.5 Å². The number of nitrogen functional groups attached to an aromatic ring is 2. The van der Waals surface area contributed by atoms with Crippen molar-refractivity contribution in [2.75, 3.05) is 24.7 Å². The summed E-state index contributed by atoms with van der Waals surface area (Å²) < 4.78 is 95.1. The number of anilines is 2. The van der Waals surface area contributed by atoms with Gasteiger partial charge in [-0.05, 0) is 0 Å². The van der Waals surface area contributed by atoms with E-state index >= 15 is 8.78 Å². The van der Waals surface area contributed by atoms with E-state index in [1.807, 2.05) is 0 Å². The van der Waals surface area contributed by atoms with E-state index in [-0.39, 0.29) is 34.0 Å². The SMILES string of the molecule is BP1(=O)OC[C@H]2O[C@@H](n3cnc4c(N)ncnc43)[C@H](F)[C@@H]2OP(=O)(S)OC[C@H]2O[C@@H](n3cnc4c(N)ncnc43)[C@H](O1)C2F. The summed E-state index contributed by atoms with van der Waals surface area (Å²) in [7, 11) is -3.02. The molecule has 4 aromatic rings. The van der Waals surface area contributed by atoms with Gasteiger partial charge in [-0.15, -0.1) is 0 Å². The van der Waals surface area contributed by atoms with E-state index < -0.39 is 76.7 Å². The third-order valence-electron chi connectivity index (χ3n) is 7.30. The molecule has 3 aliphatic heterocycles. The van der Waals surface area contributed by atoms with E-state index in [0.717, 1.165) is 7.57 Å². The maximum Gasteiger partial charge on any atom is 0.386 e. The number of hydrogen-bond donors (Lipinski definition) is 3. The average molecular weight is 674 g/mol. The first-order valence-corrected chi connectivity index (χ1v) is 17.6. The Morgan fingerprint density at radius 1 is 0.795 bits per heavy atom. The molecule has 3 fully saturated rings. The zero-order valence-electron chi connectivity index (χ0n) is 22.4. The molecular weight excluding hydrogens is 651 g/mol. The number of imidazole rings is 2. The van der Waals surface area contributed by atoms with Gasteiger partial charge in [-0.25, -0.2) is 43.2 Å². The second kappa shape index (κ2) is 10.9. The number of alkyl halides is 2. The van der Waals surface area contributed by atoms with Gasteiger partial charge in [0.05, 0.1) is 25.9 Å². The number of aromatic nitrogens is 8. The Kier molecular flexibility index (Phi) is 7.42. The van der Waals surface area contributed by atoms with Crippen molar-refractivity contribution in [3.8, 4) is 0 Å². The first-order valence-electron chi connectivity index (χ1n) is 12.9. The van der Waals surface area contributed by atoms with Crippen LogP contribution >= 0.6 is 26.5 Å². The summed E-state index contributed by atoms with van der Waals surface area (Å²) >= 11 is 3.99. The zero-order valence-corrected chi connectivity index (χ0v) is 25.1. The summed E-state index contributed by atoms with van der Waals surface area (Å²) in [4.78, 5) is 24.2. The molecule has 10 atom stereocenters. The van der Waals surface area contributed by atoms with Crippen molar-refractivity contribution in [2.45, 2.75) is 49.2 Å². The third-order valence-corrected chi connectivity index (χ3v) is 10.2. The van der Waals surface area contributed by atoms with Gasteiger partial charge in [-0.2, -0.15) is 0 Å². The second-order valence-electron chi connectivity index (χ2n) is 10.2. The number of fused-ring (bicyclic) bond motifs is 5. The number of thiol groups is 1. The molecule has 0 spiro atoms. The van der Waals surface area contributed by atoms with E-state index in [2.05, 4.69) is 42.2 Å². The van der Waals surface area contributed by atoms with E-state index in [1.165, 1.54) is 34.4 Å². The lowest BCUT2D eigenvalue weighted by Crippen LogP contribution is -2.34. The van der Waals surface area contributed by atoms with Gasteiger partial charge in [-0.1, -0.05) is 12.2 Å². The molecule has 2 bridgehead atoms. The highest BCUT2D eigenvalue weighted by molar-refractivity contribution is 8.44. The molecule has 0 aromatic carbocycles. The van der Waals surface area contributed by atoms with Gasteiger partial charge < -0.3 is 30.0 Å². The van der Waals surface area contributed by atoms with Crippen LogP contribution in [0.4, 0.5) is 20.4 Å². The van der Waals surface area contributed by atoms with Crippen LogP contribution in [0.5, 0.6) is 0 Å². The highest BCUT2D eigenvalue weighted by Gasteiger charge is 2.54. The normalized spacial score (nSPS) is 38.2. The summed E-state index contributed by atoms with van der Waals surface area (Å²) in [5.74, 6) is 0.124. The minimum Gasteiger partial charge on any atom is -0.382 e. The number of halogens is 2. The van der Waals surface area contributed by atoms with Crippen molar-refractivity contribution in [3.63, 3.8) is 0 Å². The van der Waals surface area contributed by atoms with E-state index in [9.17, 15) is 9.13 Å².